The van der Waals surface area contributed by atoms with Crippen molar-refractivity contribution in [3.63, 3.8) is 0 Å². The van der Waals surface area contributed by atoms with Gasteiger partial charge in [0.2, 0.25) is 0 Å². The van der Waals surface area contributed by atoms with Gasteiger partial charge in [0.1, 0.15) is 12.2 Å². The lowest BCUT2D eigenvalue weighted by Crippen LogP contribution is -2.59. The lowest BCUT2D eigenvalue weighted by atomic mass is 9.89. The Kier molecular flexibility index (Phi) is 9.55. The van der Waals surface area contributed by atoms with E-state index in [-0.39, 0.29) is 28.9 Å². The van der Waals surface area contributed by atoms with Gasteiger partial charge in [-0.3, -0.25) is 13.9 Å². The largest absolute Gasteiger partial charge is 0.414 e. The molecule has 43 heavy (non-hydrogen) atoms. The van der Waals surface area contributed by atoms with Crippen LogP contribution in [-0.2, 0) is 34.4 Å². The van der Waals surface area contributed by atoms with Gasteiger partial charge in [0.05, 0.1) is 17.7 Å². The molecule has 2 aliphatic heterocycles. The molecule has 1 aromatic heterocycles. The maximum Gasteiger partial charge on any atom is 0.333 e. The number of hydrogen-bond acceptors (Lipinski definition) is 9. The molecule has 1 fully saturated rings. The highest BCUT2D eigenvalue weighted by Gasteiger charge is 2.67. The van der Waals surface area contributed by atoms with Gasteiger partial charge in [-0.15, -0.1) is 0 Å². The van der Waals surface area contributed by atoms with E-state index in [1.807, 2.05) is 26.9 Å². The zero-order chi connectivity index (χ0) is 33.1. The first-order valence-electron chi connectivity index (χ1n) is 14.6. The van der Waals surface area contributed by atoms with Gasteiger partial charge in [0.15, 0.2) is 28.5 Å². The van der Waals surface area contributed by atoms with Crippen molar-refractivity contribution in [1.82, 2.24) is 9.13 Å². The minimum Gasteiger partial charge on any atom is -0.414 e. The normalized spacial score (nSPS) is 26.2. The Morgan fingerprint density at radius 1 is 1.07 bits per heavy atom. The van der Waals surface area contributed by atoms with E-state index >= 15 is 0 Å². The number of nitrogens with two attached hydrogens (primary N) is 1. The minimum absolute atomic E-state index is 0.0421. The Balaban J connectivity index is 2.31. The molecule has 244 valence electrons. The number of aromatic nitrogens is 2. The Bertz CT molecular complexity index is 1530. The molecule has 0 bridgehead atoms. The van der Waals surface area contributed by atoms with E-state index in [1.165, 1.54) is 10.8 Å². The van der Waals surface area contributed by atoms with Crippen LogP contribution in [0.25, 0.3) is 0 Å². The summed E-state index contributed by atoms with van der Waals surface area (Å²) in [6.45, 7) is 26.0. The summed E-state index contributed by atoms with van der Waals surface area (Å²) in [7, 11) is -9.24. The molecule has 0 saturated carbocycles. The molecule has 2 N–H and O–H groups in total. The number of hydrogen-bond donors (Lipinski definition) is 1. The fourth-order valence-corrected chi connectivity index (χ4v) is 8.10. The molecule has 4 atom stereocenters. The molecule has 0 radical (unpaired) electrons. The van der Waals surface area contributed by atoms with E-state index in [1.54, 1.807) is 13.0 Å². The summed E-state index contributed by atoms with van der Waals surface area (Å²) in [4.78, 5) is 27.0. The van der Waals surface area contributed by atoms with Crippen LogP contribution in [0.3, 0.4) is 0 Å². The van der Waals surface area contributed by atoms with Crippen molar-refractivity contribution in [2.45, 2.75) is 129 Å². The smallest absolute Gasteiger partial charge is 0.333 e. The van der Waals surface area contributed by atoms with Crippen LogP contribution in [0.1, 0.15) is 67.2 Å². The third-order valence-corrected chi connectivity index (χ3v) is 19.4. The predicted octanol–water partition coefficient (Wildman–Crippen LogP) is 4.49. The van der Waals surface area contributed by atoms with E-state index in [2.05, 4.69) is 54.6 Å². The van der Waals surface area contributed by atoms with Crippen LogP contribution in [0.2, 0.25) is 36.3 Å². The average Bonchev–Trinajstić information content (AvgIpc) is 3.24. The van der Waals surface area contributed by atoms with Gasteiger partial charge in [-0.05, 0) is 57.0 Å². The van der Waals surface area contributed by atoms with Gasteiger partial charge in [-0.1, -0.05) is 53.2 Å². The fraction of sp³-hybridized carbons (Fsp3) is 0.724. The van der Waals surface area contributed by atoms with Gasteiger partial charge in [0, 0.05) is 18.3 Å². The van der Waals surface area contributed by atoms with Crippen LogP contribution < -0.4 is 17.0 Å². The van der Waals surface area contributed by atoms with Gasteiger partial charge < -0.3 is 19.3 Å². The molecule has 2 aliphatic rings. The van der Waals surface area contributed by atoms with Crippen molar-refractivity contribution >= 4 is 26.8 Å². The van der Waals surface area contributed by atoms with Gasteiger partial charge in [-0.2, -0.15) is 8.42 Å². The molecule has 1 saturated heterocycles. The molecule has 1 spiro atoms. The summed E-state index contributed by atoms with van der Waals surface area (Å²) in [5, 5.41) is 0.449. The maximum absolute atomic E-state index is 14.0. The third-order valence-electron chi connectivity index (χ3n) is 9.39. The molecule has 4 unspecified atom stereocenters. The maximum atomic E-state index is 14.0. The average molecular weight is 658 g/mol. The van der Waals surface area contributed by atoms with E-state index < -0.39 is 62.0 Å². The highest BCUT2D eigenvalue weighted by molar-refractivity contribution is 7.90. The van der Waals surface area contributed by atoms with Gasteiger partial charge in [-0.25, -0.2) is 8.98 Å². The molecule has 0 aromatic carbocycles. The Morgan fingerprint density at radius 3 is 2.09 bits per heavy atom. The summed E-state index contributed by atoms with van der Waals surface area (Å²) in [5.41, 5.74) is 4.89. The Labute approximate surface area is 258 Å². The molecule has 0 amide bonds. The molecular weight excluding hydrogens is 607 g/mol. The predicted molar refractivity (Wildman–Crippen MR) is 173 cm³/mol. The summed E-state index contributed by atoms with van der Waals surface area (Å²) < 4.78 is 54.4. The summed E-state index contributed by atoms with van der Waals surface area (Å²) in [6.07, 6.45) is -0.144. The highest BCUT2D eigenvalue weighted by atomic mass is 32.2. The molecule has 14 heteroatoms. The lowest BCUT2D eigenvalue weighted by Gasteiger charge is -2.43. The second-order valence-electron chi connectivity index (χ2n) is 15.0. The van der Waals surface area contributed by atoms with Crippen molar-refractivity contribution in [2.75, 3.05) is 6.61 Å². The molecule has 3 heterocycles. The fourth-order valence-electron chi connectivity index (χ4n) is 4.59. The molecule has 3 rings (SSSR count). The third kappa shape index (κ3) is 6.75. The highest BCUT2D eigenvalue weighted by Crippen LogP contribution is 2.52. The number of rotatable bonds is 8. The number of nitrogens with zero attached hydrogens (tertiary/aromatic N) is 2. The van der Waals surface area contributed by atoms with Crippen LogP contribution in [0.4, 0.5) is 0 Å². The van der Waals surface area contributed by atoms with Crippen molar-refractivity contribution in [2.24, 2.45) is 5.73 Å². The number of aryl methyl sites for hydroxylation is 1. The summed E-state index contributed by atoms with van der Waals surface area (Å²) in [5.74, 6) is 0. The van der Waals surface area contributed by atoms with E-state index in [4.69, 9.17) is 23.5 Å². The summed E-state index contributed by atoms with van der Waals surface area (Å²) >= 11 is 0. The topological polar surface area (TPSA) is 141 Å². The Morgan fingerprint density at radius 2 is 1.63 bits per heavy atom. The van der Waals surface area contributed by atoms with Crippen LogP contribution in [0, 0.1) is 6.92 Å². The SMILES string of the molecule is CC(C)=CCn1c(=O)c(C)cn(C2OC(CO[Si](C)(C)C(C)(C)C)C3(OS(=O)(=O)C=C3N)C2O[Si](C)(C)C(C)(C)C)c1=O. The van der Waals surface area contributed by atoms with Crippen molar-refractivity contribution in [3.05, 3.63) is 55.4 Å². The first-order chi connectivity index (χ1) is 19.3. The second kappa shape index (κ2) is 11.5. The second-order valence-corrected chi connectivity index (χ2v) is 26.0. The number of ether oxygens (including phenoxy) is 1. The monoisotopic (exact) mass is 657 g/mol. The van der Waals surface area contributed by atoms with Crippen molar-refractivity contribution in [3.8, 4) is 0 Å². The zero-order valence-corrected chi connectivity index (χ0v) is 30.8. The van der Waals surface area contributed by atoms with Crippen LogP contribution in [-0.4, -0.2) is 58.6 Å². The van der Waals surface area contributed by atoms with Crippen molar-refractivity contribution in [1.29, 1.82) is 0 Å². The standard InChI is InChI=1S/C29H51N3O8SSi2/c1-19(2)14-15-31-24(33)20(3)16-32(26(31)34)25-23(39-43(12,13)28(7,8)9)29(21(30)18-41(35,36)40-29)22(38-25)17-37-42(10,11)27(4,5)6/h14,16,18,22-23,25H,15,17,30H2,1-13H3. The molecular formula is C29H51N3O8SSi2. The first-order valence-corrected chi connectivity index (χ1v) is 21.9. The molecule has 11 nitrogen and oxygen atoms in total. The van der Waals surface area contributed by atoms with E-state index in [0.29, 0.717) is 5.56 Å². The van der Waals surface area contributed by atoms with Crippen LogP contribution in [0.15, 0.2) is 38.5 Å². The van der Waals surface area contributed by atoms with Crippen LogP contribution in [0.5, 0.6) is 0 Å². The van der Waals surface area contributed by atoms with Crippen LogP contribution >= 0.6 is 0 Å². The Hall–Kier alpha value is -1.82. The molecule has 0 aliphatic carbocycles. The van der Waals surface area contributed by atoms with E-state index in [0.717, 1.165) is 15.5 Å². The van der Waals surface area contributed by atoms with Crippen molar-refractivity contribution < 1.29 is 26.2 Å². The van der Waals surface area contributed by atoms with E-state index in [9.17, 15) is 18.0 Å². The minimum atomic E-state index is -4.21. The number of allylic oxidation sites excluding steroid dienone is 2. The quantitative estimate of drug-likeness (QED) is 0.243. The zero-order valence-electron chi connectivity index (χ0n) is 28.0. The molecule has 1 aromatic rings. The summed E-state index contributed by atoms with van der Waals surface area (Å²) in [6, 6.07) is 0. The first kappa shape index (κ1) is 35.7. The van der Waals surface area contributed by atoms with Gasteiger partial charge >= 0.3 is 5.69 Å². The van der Waals surface area contributed by atoms with Gasteiger partial charge in [0.25, 0.3) is 15.7 Å². The lowest BCUT2D eigenvalue weighted by molar-refractivity contribution is -0.0567.